The highest BCUT2D eigenvalue weighted by molar-refractivity contribution is 5.77. The minimum Gasteiger partial charge on any atom is -0.484 e. The van der Waals surface area contributed by atoms with Crippen LogP contribution < -0.4 is 10.1 Å². The first-order valence-electron chi connectivity index (χ1n) is 6.51. The van der Waals surface area contributed by atoms with E-state index in [1.165, 1.54) is 0 Å². The summed E-state index contributed by atoms with van der Waals surface area (Å²) >= 11 is 0. The Bertz CT molecular complexity index is 432. The second-order valence-electron chi connectivity index (χ2n) is 4.81. The second kappa shape index (κ2) is 8.15. The van der Waals surface area contributed by atoms with Crippen molar-refractivity contribution in [1.29, 1.82) is 5.26 Å². The molecule has 0 atom stereocenters. The number of hydrogen-bond acceptors (Lipinski definition) is 3. The molecular formula is C15H20N2O2. The zero-order valence-electron chi connectivity index (χ0n) is 11.5. The van der Waals surface area contributed by atoms with E-state index in [9.17, 15) is 4.79 Å². The Morgan fingerprint density at radius 3 is 2.63 bits per heavy atom. The topological polar surface area (TPSA) is 62.1 Å². The van der Waals surface area contributed by atoms with Gasteiger partial charge in [0.05, 0.1) is 11.6 Å². The molecule has 0 aromatic heterocycles. The summed E-state index contributed by atoms with van der Waals surface area (Å²) in [7, 11) is 0. The van der Waals surface area contributed by atoms with Crippen molar-refractivity contribution in [1.82, 2.24) is 5.32 Å². The highest BCUT2D eigenvalue weighted by Gasteiger charge is 2.02. The third-order valence-electron chi connectivity index (χ3n) is 2.63. The van der Waals surface area contributed by atoms with Crippen LogP contribution in [0.1, 0.15) is 32.3 Å². The normalized spacial score (nSPS) is 10.0. The lowest BCUT2D eigenvalue weighted by atomic mass is 10.1. The molecule has 0 bridgehead atoms. The lowest BCUT2D eigenvalue weighted by molar-refractivity contribution is -0.123. The highest BCUT2D eigenvalue weighted by atomic mass is 16.5. The van der Waals surface area contributed by atoms with E-state index in [-0.39, 0.29) is 12.5 Å². The molecule has 0 saturated carbocycles. The van der Waals surface area contributed by atoms with E-state index in [0.29, 0.717) is 23.8 Å². The molecule has 0 radical (unpaired) electrons. The van der Waals surface area contributed by atoms with Crippen LogP contribution in [-0.4, -0.2) is 19.1 Å². The molecule has 4 heteroatoms. The number of carbonyl (C=O) groups is 1. The van der Waals surface area contributed by atoms with Gasteiger partial charge in [-0.1, -0.05) is 13.8 Å². The highest BCUT2D eigenvalue weighted by Crippen LogP contribution is 2.11. The molecule has 1 N–H and O–H groups in total. The molecule has 102 valence electrons. The number of amides is 1. The van der Waals surface area contributed by atoms with Gasteiger partial charge in [-0.2, -0.15) is 5.26 Å². The van der Waals surface area contributed by atoms with Crippen LogP contribution in [0.5, 0.6) is 5.75 Å². The van der Waals surface area contributed by atoms with Crippen LogP contribution in [0.3, 0.4) is 0 Å². The summed E-state index contributed by atoms with van der Waals surface area (Å²) in [4.78, 5) is 11.5. The van der Waals surface area contributed by atoms with Crippen molar-refractivity contribution in [3.63, 3.8) is 0 Å². The molecule has 1 aromatic rings. The van der Waals surface area contributed by atoms with Crippen molar-refractivity contribution in [3.05, 3.63) is 29.8 Å². The fourth-order valence-corrected chi connectivity index (χ4v) is 1.56. The van der Waals surface area contributed by atoms with E-state index in [0.717, 1.165) is 12.8 Å². The number of nitrogens with one attached hydrogen (secondary N) is 1. The summed E-state index contributed by atoms with van der Waals surface area (Å²) < 4.78 is 5.32. The van der Waals surface area contributed by atoms with Gasteiger partial charge >= 0.3 is 0 Å². The number of nitrogens with zero attached hydrogens (tertiary/aromatic N) is 1. The van der Waals surface area contributed by atoms with Crippen LogP contribution >= 0.6 is 0 Å². The van der Waals surface area contributed by atoms with Gasteiger partial charge in [0.25, 0.3) is 5.91 Å². The van der Waals surface area contributed by atoms with Crippen LogP contribution in [0, 0.1) is 17.2 Å². The standard InChI is InChI=1S/C15H20N2O2/c1-12(2)4-3-9-17-15(18)11-19-14-7-5-13(10-16)6-8-14/h5-8,12H,3-4,9,11H2,1-2H3,(H,17,18). The summed E-state index contributed by atoms with van der Waals surface area (Å²) in [6.45, 7) is 5.02. The van der Waals surface area contributed by atoms with Crippen LogP contribution in [0.15, 0.2) is 24.3 Å². The van der Waals surface area contributed by atoms with Crippen molar-refractivity contribution in [3.8, 4) is 11.8 Å². The Hall–Kier alpha value is -2.02. The van der Waals surface area contributed by atoms with Crippen LogP contribution in [0.4, 0.5) is 0 Å². The average molecular weight is 260 g/mol. The zero-order valence-corrected chi connectivity index (χ0v) is 11.5. The maximum Gasteiger partial charge on any atom is 0.257 e. The molecule has 0 spiro atoms. The molecule has 19 heavy (non-hydrogen) atoms. The fraction of sp³-hybridized carbons (Fsp3) is 0.467. The predicted octanol–water partition coefficient (Wildman–Crippen LogP) is 2.49. The zero-order chi connectivity index (χ0) is 14.1. The Balaban J connectivity index is 2.20. The van der Waals surface area contributed by atoms with E-state index in [4.69, 9.17) is 10.00 Å². The molecule has 1 amide bonds. The minimum absolute atomic E-state index is 0.00752. The molecule has 0 aliphatic carbocycles. The lowest BCUT2D eigenvalue weighted by Crippen LogP contribution is -2.29. The number of nitriles is 1. The van der Waals surface area contributed by atoms with E-state index in [1.807, 2.05) is 6.07 Å². The first kappa shape index (κ1) is 15.0. The lowest BCUT2D eigenvalue weighted by Gasteiger charge is -2.08. The van der Waals surface area contributed by atoms with Crippen molar-refractivity contribution >= 4 is 5.91 Å². The first-order valence-corrected chi connectivity index (χ1v) is 6.51. The second-order valence-corrected chi connectivity index (χ2v) is 4.81. The van der Waals surface area contributed by atoms with Gasteiger partial charge < -0.3 is 10.1 Å². The number of carbonyl (C=O) groups excluding carboxylic acids is 1. The fourth-order valence-electron chi connectivity index (χ4n) is 1.56. The molecule has 0 fully saturated rings. The van der Waals surface area contributed by atoms with E-state index < -0.39 is 0 Å². The van der Waals surface area contributed by atoms with Crippen LogP contribution in [0.2, 0.25) is 0 Å². The summed E-state index contributed by atoms with van der Waals surface area (Å²) in [5.41, 5.74) is 0.575. The van der Waals surface area contributed by atoms with Crippen molar-refractivity contribution in [2.24, 2.45) is 5.92 Å². The summed E-state index contributed by atoms with van der Waals surface area (Å²) in [6.07, 6.45) is 2.09. The van der Waals surface area contributed by atoms with Gasteiger partial charge in [-0.3, -0.25) is 4.79 Å². The van der Waals surface area contributed by atoms with Crippen molar-refractivity contribution in [2.45, 2.75) is 26.7 Å². The quantitative estimate of drug-likeness (QED) is 0.766. The van der Waals surface area contributed by atoms with E-state index >= 15 is 0 Å². The molecule has 0 aliphatic rings. The molecule has 1 rings (SSSR count). The Morgan fingerprint density at radius 1 is 1.37 bits per heavy atom. The van der Waals surface area contributed by atoms with Gasteiger partial charge in [0.2, 0.25) is 0 Å². The largest absolute Gasteiger partial charge is 0.484 e. The Kier molecular flexibility index (Phi) is 6.45. The van der Waals surface area contributed by atoms with Gasteiger partial charge in [-0.15, -0.1) is 0 Å². The third-order valence-corrected chi connectivity index (χ3v) is 2.63. The maximum atomic E-state index is 11.5. The average Bonchev–Trinajstić information content (AvgIpc) is 2.41. The summed E-state index contributed by atoms with van der Waals surface area (Å²) in [6, 6.07) is 8.72. The Morgan fingerprint density at radius 2 is 2.05 bits per heavy atom. The summed E-state index contributed by atoms with van der Waals surface area (Å²) in [5, 5.41) is 11.5. The SMILES string of the molecule is CC(C)CCCNC(=O)COc1ccc(C#N)cc1. The molecule has 0 heterocycles. The maximum absolute atomic E-state index is 11.5. The van der Waals surface area contributed by atoms with E-state index in [1.54, 1.807) is 24.3 Å². The van der Waals surface area contributed by atoms with E-state index in [2.05, 4.69) is 19.2 Å². The van der Waals surface area contributed by atoms with Gasteiger partial charge in [0.15, 0.2) is 6.61 Å². The van der Waals surface area contributed by atoms with Gasteiger partial charge in [-0.05, 0) is 43.0 Å². The van der Waals surface area contributed by atoms with Crippen molar-refractivity contribution < 1.29 is 9.53 Å². The molecule has 0 unspecified atom stereocenters. The first-order chi connectivity index (χ1) is 9.11. The van der Waals surface area contributed by atoms with Crippen LogP contribution in [0.25, 0.3) is 0 Å². The van der Waals surface area contributed by atoms with Gasteiger partial charge in [0, 0.05) is 6.54 Å². The minimum atomic E-state index is -0.117. The molecule has 0 aliphatic heterocycles. The smallest absolute Gasteiger partial charge is 0.257 e. The number of benzene rings is 1. The summed E-state index contributed by atoms with van der Waals surface area (Å²) in [5.74, 6) is 1.14. The van der Waals surface area contributed by atoms with Gasteiger partial charge in [-0.25, -0.2) is 0 Å². The molecular weight excluding hydrogens is 240 g/mol. The van der Waals surface area contributed by atoms with Crippen molar-refractivity contribution in [2.75, 3.05) is 13.2 Å². The predicted molar refractivity (Wildman–Crippen MR) is 73.7 cm³/mol. The monoisotopic (exact) mass is 260 g/mol. The van der Waals surface area contributed by atoms with Crippen LogP contribution in [-0.2, 0) is 4.79 Å². The third kappa shape index (κ3) is 6.46. The number of rotatable bonds is 7. The number of ether oxygens (including phenoxy) is 1. The number of hydrogen-bond donors (Lipinski definition) is 1. The van der Waals surface area contributed by atoms with Gasteiger partial charge in [0.1, 0.15) is 5.75 Å². The molecule has 1 aromatic carbocycles. The molecule has 4 nitrogen and oxygen atoms in total. The molecule has 0 saturated heterocycles. The Labute approximate surface area is 114 Å².